The fourth-order valence-electron chi connectivity index (χ4n) is 3.10. The lowest BCUT2D eigenvalue weighted by molar-refractivity contribution is 0.293. The summed E-state index contributed by atoms with van der Waals surface area (Å²) in [5, 5.41) is 4.87. The van der Waals surface area contributed by atoms with Gasteiger partial charge in [0.15, 0.2) is 0 Å². The summed E-state index contributed by atoms with van der Waals surface area (Å²) in [5.41, 5.74) is 2.33. The summed E-state index contributed by atoms with van der Waals surface area (Å²) in [4.78, 5) is 4.78. The van der Waals surface area contributed by atoms with E-state index in [0.29, 0.717) is 6.04 Å². The summed E-state index contributed by atoms with van der Waals surface area (Å²) in [6, 6.07) is 13.3. The van der Waals surface area contributed by atoms with E-state index in [4.69, 9.17) is 4.98 Å². The van der Waals surface area contributed by atoms with Crippen molar-refractivity contribution in [2.24, 2.45) is 5.92 Å². The summed E-state index contributed by atoms with van der Waals surface area (Å²) >= 11 is 0. The number of nitrogens with one attached hydrogen (secondary N) is 1. The molecule has 0 aliphatic carbocycles. The molecule has 1 aromatic heterocycles. The van der Waals surface area contributed by atoms with Crippen LogP contribution < -0.4 is 5.32 Å². The molecule has 1 aliphatic heterocycles. The smallest absolute Gasteiger partial charge is 0.0705 e. The van der Waals surface area contributed by atoms with Gasteiger partial charge in [0.1, 0.15) is 0 Å². The molecule has 2 aromatic rings. The van der Waals surface area contributed by atoms with Gasteiger partial charge in [-0.15, -0.1) is 0 Å². The second kappa shape index (κ2) is 5.70. The first-order chi connectivity index (χ1) is 9.35. The average molecular weight is 254 g/mol. The molecule has 2 unspecified atom stereocenters. The van der Waals surface area contributed by atoms with Crippen LogP contribution in [-0.2, 0) is 6.42 Å². The summed E-state index contributed by atoms with van der Waals surface area (Å²) in [7, 11) is 0. The molecule has 100 valence electrons. The molecule has 2 atom stereocenters. The lowest BCUT2D eigenvalue weighted by Crippen LogP contribution is -2.39. The molecule has 1 aromatic carbocycles. The normalized spacial score (nSPS) is 23.6. The Kier molecular flexibility index (Phi) is 3.79. The highest BCUT2D eigenvalue weighted by Gasteiger charge is 2.20. The van der Waals surface area contributed by atoms with E-state index in [-0.39, 0.29) is 0 Å². The summed E-state index contributed by atoms with van der Waals surface area (Å²) in [5.74, 6) is 0.895. The van der Waals surface area contributed by atoms with Gasteiger partial charge in [0.25, 0.3) is 0 Å². The largest absolute Gasteiger partial charge is 0.314 e. The van der Waals surface area contributed by atoms with Crippen molar-refractivity contribution in [2.45, 2.75) is 38.6 Å². The van der Waals surface area contributed by atoms with Crippen molar-refractivity contribution in [2.75, 3.05) is 6.54 Å². The first kappa shape index (κ1) is 12.6. The molecule has 0 amide bonds. The average Bonchev–Trinajstić information content (AvgIpc) is 2.47. The molecule has 0 radical (unpaired) electrons. The van der Waals surface area contributed by atoms with Crippen molar-refractivity contribution in [3.63, 3.8) is 0 Å². The molecule has 1 aliphatic rings. The maximum Gasteiger partial charge on any atom is 0.0705 e. The van der Waals surface area contributed by atoms with Crippen LogP contribution in [-0.4, -0.2) is 17.6 Å². The molecular weight excluding hydrogens is 232 g/mol. The van der Waals surface area contributed by atoms with Crippen LogP contribution in [0.4, 0.5) is 0 Å². The van der Waals surface area contributed by atoms with Gasteiger partial charge in [-0.2, -0.15) is 0 Å². The van der Waals surface area contributed by atoms with E-state index in [1.807, 2.05) is 0 Å². The van der Waals surface area contributed by atoms with Gasteiger partial charge in [0.05, 0.1) is 5.52 Å². The van der Waals surface area contributed by atoms with Gasteiger partial charge in [0.2, 0.25) is 0 Å². The summed E-state index contributed by atoms with van der Waals surface area (Å²) in [6.07, 6.45) is 4.99. The lowest BCUT2D eigenvalue weighted by atomic mass is 9.88. The molecule has 1 fully saturated rings. The van der Waals surface area contributed by atoms with Crippen LogP contribution in [0.15, 0.2) is 36.4 Å². The Bertz CT molecular complexity index is 550. The number of aromatic nitrogens is 1. The Morgan fingerprint density at radius 3 is 3.00 bits per heavy atom. The van der Waals surface area contributed by atoms with Crippen LogP contribution in [0.25, 0.3) is 10.9 Å². The number of nitrogens with zero attached hydrogens (tertiary/aromatic N) is 1. The van der Waals surface area contributed by atoms with Crippen molar-refractivity contribution in [3.05, 3.63) is 42.1 Å². The van der Waals surface area contributed by atoms with E-state index in [1.54, 1.807) is 0 Å². The molecule has 2 heterocycles. The SMILES string of the molecule is CCC1CCNC(Cc2ccc3ccccc3n2)C1. The minimum absolute atomic E-state index is 0.604. The predicted octanol–water partition coefficient (Wildman–Crippen LogP) is 3.56. The van der Waals surface area contributed by atoms with Gasteiger partial charge in [-0.1, -0.05) is 37.6 Å². The molecule has 1 saturated heterocycles. The molecule has 19 heavy (non-hydrogen) atoms. The van der Waals surface area contributed by atoms with Crippen LogP contribution in [0.5, 0.6) is 0 Å². The zero-order chi connectivity index (χ0) is 13.1. The van der Waals surface area contributed by atoms with Crippen LogP contribution in [0.3, 0.4) is 0 Å². The second-order valence-corrected chi connectivity index (χ2v) is 5.65. The van der Waals surface area contributed by atoms with Crippen molar-refractivity contribution < 1.29 is 0 Å². The number of hydrogen-bond donors (Lipinski definition) is 1. The van der Waals surface area contributed by atoms with E-state index in [0.717, 1.165) is 24.4 Å². The van der Waals surface area contributed by atoms with Gasteiger partial charge >= 0.3 is 0 Å². The predicted molar refractivity (Wildman–Crippen MR) is 80.3 cm³/mol. The van der Waals surface area contributed by atoms with Gasteiger partial charge in [-0.25, -0.2) is 0 Å². The summed E-state index contributed by atoms with van der Waals surface area (Å²) in [6.45, 7) is 3.47. The fourth-order valence-corrected chi connectivity index (χ4v) is 3.10. The molecule has 2 nitrogen and oxygen atoms in total. The molecule has 0 saturated carbocycles. The monoisotopic (exact) mass is 254 g/mol. The highest BCUT2D eigenvalue weighted by molar-refractivity contribution is 5.78. The highest BCUT2D eigenvalue weighted by Crippen LogP contribution is 2.21. The Morgan fingerprint density at radius 2 is 2.11 bits per heavy atom. The Labute approximate surface area is 115 Å². The van der Waals surface area contributed by atoms with Crippen molar-refractivity contribution in [1.82, 2.24) is 10.3 Å². The Morgan fingerprint density at radius 1 is 1.21 bits per heavy atom. The third kappa shape index (κ3) is 2.95. The fraction of sp³-hybridized carbons (Fsp3) is 0.471. The zero-order valence-corrected chi connectivity index (χ0v) is 11.6. The number of rotatable bonds is 3. The van der Waals surface area contributed by atoms with E-state index in [1.165, 1.54) is 30.3 Å². The topological polar surface area (TPSA) is 24.9 Å². The standard InChI is InChI=1S/C17H22N2/c1-2-13-9-10-18-16(11-13)12-15-8-7-14-5-3-4-6-17(14)19-15/h3-8,13,16,18H,2,9-12H2,1H3. The minimum Gasteiger partial charge on any atom is -0.314 e. The van der Waals surface area contributed by atoms with E-state index in [9.17, 15) is 0 Å². The zero-order valence-electron chi connectivity index (χ0n) is 11.6. The number of piperidine rings is 1. The third-order valence-electron chi connectivity index (χ3n) is 4.29. The number of hydrogen-bond acceptors (Lipinski definition) is 2. The van der Waals surface area contributed by atoms with Crippen molar-refractivity contribution in [3.8, 4) is 0 Å². The van der Waals surface area contributed by atoms with Crippen LogP contribution >= 0.6 is 0 Å². The highest BCUT2D eigenvalue weighted by atomic mass is 14.9. The molecule has 3 rings (SSSR count). The van der Waals surface area contributed by atoms with Crippen LogP contribution in [0, 0.1) is 5.92 Å². The van der Waals surface area contributed by atoms with Gasteiger partial charge in [-0.3, -0.25) is 4.98 Å². The van der Waals surface area contributed by atoms with Crippen molar-refractivity contribution >= 4 is 10.9 Å². The van der Waals surface area contributed by atoms with E-state index in [2.05, 4.69) is 48.6 Å². The molecular formula is C17H22N2. The molecule has 0 spiro atoms. The third-order valence-corrected chi connectivity index (χ3v) is 4.29. The van der Waals surface area contributed by atoms with E-state index >= 15 is 0 Å². The number of para-hydroxylation sites is 1. The molecule has 1 N–H and O–H groups in total. The quantitative estimate of drug-likeness (QED) is 0.906. The first-order valence-corrected chi connectivity index (χ1v) is 7.43. The number of pyridine rings is 1. The van der Waals surface area contributed by atoms with Crippen LogP contribution in [0.1, 0.15) is 31.9 Å². The molecule has 0 bridgehead atoms. The van der Waals surface area contributed by atoms with Gasteiger partial charge in [-0.05, 0) is 37.4 Å². The van der Waals surface area contributed by atoms with Gasteiger partial charge in [0, 0.05) is 23.5 Å². The van der Waals surface area contributed by atoms with Gasteiger partial charge < -0.3 is 5.32 Å². The minimum atomic E-state index is 0.604. The Hall–Kier alpha value is -1.41. The van der Waals surface area contributed by atoms with Crippen LogP contribution in [0.2, 0.25) is 0 Å². The first-order valence-electron chi connectivity index (χ1n) is 7.43. The summed E-state index contributed by atoms with van der Waals surface area (Å²) < 4.78 is 0. The lowest BCUT2D eigenvalue weighted by Gasteiger charge is -2.29. The maximum atomic E-state index is 4.78. The van der Waals surface area contributed by atoms with E-state index < -0.39 is 0 Å². The second-order valence-electron chi connectivity index (χ2n) is 5.65. The van der Waals surface area contributed by atoms with Crippen molar-refractivity contribution in [1.29, 1.82) is 0 Å². The number of fused-ring (bicyclic) bond motifs is 1. The Balaban J connectivity index is 1.74. The molecule has 2 heteroatoms. The maximum absolute atomic E-state index is 4.78. The number of benzene rings is 1.